The Balaban J connectivity index is 1.94. The van der Waals surface area contributed by atoms with E-state index in [0.717, 1.165) is 22.3 Å². The van der Waals surface area contributed by atoms with Gasteiger partial charge in [-0.05, 0) is 34.4 Å². The van der Waals surface area contributed by atoms with Gasteiger partial charge in [-0.25, -0.2) is 9.95 Å². The van der Waals surface area contributed by atoms with Crippen molar-refractivity contribution in [2.75, 3.05) is 0 Å². The lowest BCUT2D eigenvalue weighted by Crippen LogP contribution is -2.31. The van der Waals surface area contributed by atoms with Crippen LogP contribution in [0.3, 0.4) is 0 Å². The molecule has 0 saturated carbocycles. The number of nitrogens with one attached hydrogen (secondary N) is 1. The molecule has 0 aliphatic heterocycles. The van der Waals surface area contributed by atoms with E-state index in [1.54, 1.807) is 0 Å². The molecule has 0 bridgehead atoms. The Morgan fingerprint density at radius 1 is 0.586 bits per heavy atom. The van der Waals surface area contributed by atoms with Crippen LogP contribution < -0.4 is 5.63 Å². The number of H-pyrrole nitrogens is 1. The molecule has 3 nitrogen and oxygen atoms in total. The number of aromatic amines is 1. The Morgan fingerprint density at radius 3 is 1.55 bits per heavy atom. The summed E-state index contributed by atoms with van der Waals surface area (Å²) in [7, 11) is 0. The van der Waals surface area contributed by atoms with Gasteiger partial charge < -0.3 is 4.52 Å². The van der Waals surface area contributed by atoms with Crippen molar-refractivity contribution in [3.05, 3.63) is 142 Å². The van der Waals surface area contributed by atoms with Gasteiger partial charge in [0.25, 0.3) is 0 Å². The Bertz CT molecular complexity index is 1210. The Kier molecular flexibility index (Phi) is 4.14. The molecule has 3 heteroatoms. The van der Waals surface area contributed by atoms with E-state index in [1.807, 2.05) is 30.3 Å². The molecule has 0 aliphatic rings. The van der Waals surface area contributed by atoms with Gasteiger partial charge >= 0.3 is 5.63 Å². The van der Waals surface area contributed by atoms with Crippen LogP contribution in [0.2, 0.25) is 0 Å². The zero-order valence-corrected chi connectivity index (χ0v) is 15.7. The lowest BCUT2D eigenvalue weighted by molar-refractivity contribution is 0.400. The van der Waals surface area contributed by atoms with E-state index in [9.17, 15) is 4.79 Å². The van der Waals surface area contributed by atoms with Crippen molar-refractivity contribution in [1.29, 1.82) is 0 Å². The minimum atomic E-state index is -0.568. The number of fused-ring (bicyclic) bond motifs is 1. The molecule has 4 aromatic carbocycles. The standard InChI is InChI=1S/C26H19NO2/c28-25-23-18-22(16-17-24(23)27-29-25)26(19-10-4-1-5-11-19,20-12-6-2-7-13-20)21-14-8-3-9-15-21/h1-18,27H. The number of hydrogen-bond acceptors (Lipinski definition) is 2. The molecule has 5 rings (SSSR count). The van der Waals surface area contributed by atoms with E-state index in [2.05, 4.69) is 84.0 Å². The van der Waals surface area contributed by atoms with Gasteiger partial charge in [0.15, 0.2) is 0 Å². The van der Waals surface area contributed by atoms with Crippen molar-refractivity contribution in [3.8, 4) is 0 Å². The van der Waals surface area contributed by atoms with E-state index in [-0.39, 0.29) is 5.63 Å². The van der Waals surface area contributed by atoms with Gasteiger partial charge in [0.05, 0.1) is 16.3 Å². The van der Waals surface area contributed by atoms with E-state index >= 15 is 0 Å². The lowest BCUT2D eigenvalue weighted by atomic mass is 9.65. The van der Waals surface area contributed by atoms with Gasteiger partial charge in [-0.15, -0.1) is 0 Å². The minimum absolute atomic E-state index is 0.357. The largest absolute Gasteiger partial charge is 0.365 e. The molecule has 0 amide bonds. The van der Waals surface area contributed by atoms with Crippen molar-refractivity contribution in [2.45, 2.75) is 5.41 Å². The first-order valence-corrected chi connectivity index (χ1v) is 9.58. The first-order chi connectivity index (χ1) is 14.3. The molecule has 0 spiro atoms. The maximum absolute atomic E-state index is 12.3. The summed E-state index contributed by atoms with van der Waals surface area (Å²) in [5, 5.41) is 3.25. The number of benzene rings is 4. The molecule has 0 fully saturated rings. The number of rotatable bonds is 4. The highest BCUT2D eigenvalue weighted by molar-refractivity contribution is 5.79. The zero-order chi connectivity index (χ0) is 19.7. The molecule has 140 valence electrons. The molecule has 0 saturated heterocycles. The predicted molar refractivity (Wildman–Crippen MR) is 115 cm³/mol. The molecule has 0 aliphatic carbocycles. The normalized spacial score (nSPS) is 11.6. The smallest absolute Gasteiger partial charge is 0.338 e. The third-order valence-electron chi connectivity index (χ3n) is 5.55. The number of hydrogen-bond donors (Lipinski definition) is 1. The van der Waals surface area contributed by atoms with E-state index < -0.39 is 5.41 Å². The lowest BCUT2D eigenvalue weighted by Gasteiger charge is -2.36. The van der Waals surface area contributed by atoms with Gasteiger partial charge in [-0.1, -0.05) is 97.1 Å². The molecule has 0 unspecified atom stereocenters. The van der Waals surface area contributed by atoms with Gasteiger partial charge in [-0.3, -0.25) is 0 Å². The first-order valence-electron chi connectivity index (χ1n) is 9.58. The van der Waals surface area contributed by atoms with Gasteiger partial charge in [0.1, 0.15) is 0 Å². The highest BCUT2D eigenvalue weighted by atomic mass is 16.5. The quantitative estimate of drug-likeness (QED) is 0.420. The summed E-state index contributed by atoms with van der Waals surface area (Å²) in [6.45, 7) is 0. The van der Waals surface area contributed by atoms with Gasteiger partial charge in [-0.2, -0.15) is 0 Å². The summed E-state index contributed by atoms with van der Waals surface area (Å²) >= 11 is 0. The maximum atomic E-state index is 12.3. The molecule has 1 heterocycles. The van der Waals surface area contributed by atoms with Crippen molar-refractivity contribution in [2.24, 2.45) is 0 Å². The summed E-state index contributed by atoms with van der Waals surface area (Å²) in [4.78, 5) is 12.3. The molecular weight excluding hydrogens is 358 g/mol. The number of aromatic nitrogens is 1. The maximum Gasteiger partial charge on any atom is 0.365 e. The average molecular weight is 377 g/mol. The molecule has 1 aromatic heterocycles. The van der Waals surface area contributed by atoms with Crippen LogP contribution in [-0.4, -0.2) is 5.16 Å². The molecule has 0 radical (unpaired) electrons. The second kappa shape index (κ2) is 6.95. The van der Waals surface area contributed by atoms with Crippen LogP contribution in [0.4, 0.5) is 0 Å². The second-order valence-corrected chi connectivity index (χ2v) is 7.10. The fourth-order valence-corrected chi connectivity index (χ4v) is 4.26. The predicted octanol–water partition coefficient (Wildman–Crippen LogP) is 5.50. The van der Waals surface area contributed by atoms with Crippen molar-refractivity contribution in [3.63, 3.8) is 0 Å². The molecular formula is C26H19NO2. The monoisotopic (exact) mass is 377 g/mol. The van der Waals surface area contributed by atoms with Crippen LogP contribution in [-0.2, 0) is 5.41 Å². The van der Waals surface area contributed by atoms with Gasteiger partial charge in [0, 0.05) is 0 Å². The molecule has 29 heavy (non-hydrogen) atoms. The SMILES string of the molecule is O=c1o[nH]c2ccc(C(c3ccccc3)(c3ccccc3)c3ccccc3)cc12. The van der Waals surface area contributed by atoms with Crippen LogP contribution in [0.5, 0.6) is 0 Å². The van der Waals surface area contributed by atoms with Crippen molar-refractivity contribution in [1.82, 2.24) is 5.16 Å². The third kappa shape index (κ3) is 2.71. The second-order valence-electron chi connectivity index (χ2n) is 7.10. The average Bonchev–Trinajstić information content (AvgIpc) is 3.17. The van der Waals surface area contributed by atoms with Crippen LogP contribution in [0, 0.1) is 0 Å². The fraction of sp³-hybridized carbons (Fsp3) is 0.0385. The summed E-state index contributed by atoms with van der Waals surface area (Å²) in [5.74, 6) is 0. The third-order valence-corrected chi connectivity index (χ3v) is 5.55. The highest BCUT2D eigenvalue weighted by Crippen LogP contribution is 2.45. The fourth-order valence-electron chi connectivity index (χ4n) is 4.26. The summed E-state index contributed by atoms with van der Waals surface area (Å²) in [5.41, 5.74) is 4.19. The van der Waals surface area contributed by atoms with Gasteiger partial charge in [0.2, 0.25) is 0 Å². The minimum Gasteiger partial charge on any atom is -0.338 e. The van der Waals surface area contributed by atoms with E-state index in [4.69, 9.17) is 4.52 Å². The topological polar surface area (TPSA) is 46.0 Å². The van der Waals surface area contributed by atoms with Crippen LogP contribution in [0.1, 0.15) is 22.3 Å². The summed E-state index contributed by atoms with van der Waals surface area (Å²) in [6.07, 6.45) is 0. The Morgan fingerprint density at radius 2 is 1.07 bits per heavy atom. The van der Waals surface area contributed by atoms with Crippen molar-refractivity contribution >= 4 is 10.9 Å². The van der Waals surface area contributed by atoms with E-state index in [1.165, 1.54) is 0 Å². The highest BCUT2D eigenvalue weighted by Gasteiger charge is 2.38. The zero-order valence-electron chi connectivity index (χ0n) is 15.7. The first kappa shape index (κ1) is 17.3. The molecule has 1 N–H and O–H groups in total. The molecule has 5 aromatic rings. The van der Waals surface area contributed by atoms with Crippen molar-refractivity contribution < 1.29 is 4.52 Å². The Hall–Kier alpha value is -3.85. The Labute approximate surface area is 168 Å². The van der Waals surface area contributed by atoms with E-state index in [0.29, 0.717) is 10.9 Å². The summed E-state index contributed by atoms with van der Waals surface area (Å²) in [6, 6.07) is 37.2. The molecule has 0 atom stereocenters. The van der Waals surface area contributed by atoms with Crippen LogP contribution in [0.15, 0.2) is 119 Å². The van der Waals surface area contributed by atoms with Crippen LogP contribution >= 0.6 is 0 Å². The van der Waals surface area contributed by atoms with Crippen LogP contribution in [0.25, 0.3) is 10.9 Å². The summed E-state index contributed by atoms with van der Waals surface area (Å²) < 4.78 is 5.02.